The molecule has 1 unspecified atom stereocenters. The van der Waals surface area contributed by atoms with Crippen LogP contribution in [0.5, 0.6) is 0 Å². The van der Waals surface area contributed by atoms with Crippen LogP contribution in [0.1, 0.15) is 16.5 Å². The fraction of sp³-hybridized carbons (Fsp3) is 0.273. The molecule has 0 saturated heterocycles. The van der Waals surface area contributed by atoms with Gasteiger partial charge in [0.1, 0.15) is 0 Å². The van der Waals surface area contributed by atoms with Gasteiger partial charge in [-0.15, -0.1) is 22.7 Å². The van der Waals surface area contributed by atoms with Gasteiger partial charge in [-0.1, -0.05) is 0 Å². The fourth-order valence-corrected chi connectivity index (χ4v) is 4.31. The van der Waals surface area contributed by atoms with Crippen LogP contribution in [0.25, 0.3) is 0 Å². The van der Waals surface area contributed by atoms with E-state index in [1.807, 2.05) is 7.05 Å². The third kappa shape index (κ3) is 3.17. The van der Waals surface area contributed by atoms with Gasteiger partial charge in [0.2, 0.25) is 0 Å². The molecule has 86 valence electrons. The van der Waals surface area contributed by atoms with E-state index in [2.05, 4.69) is 60.8 Å². The number of halogens is 2. The molecule has 2 heterocycles. The lowest BCUT2D eigenvalue weighted by atomic mass is 10.1. The van der Waals surface area contributed by atoms with Crippen molar-refractivity contribution in [2.45, 2.75) is 12.5 Å². The van der Waals surface area contributed by atoms with E-state index >= 15 is 0 Å². The van der Waals surface area contributed by atoms with E-state index in [4.69, 9.17) is 0 Å². The van der Waals surface area contributed by atoms with E-state index in [-0.39, 0.29) is 0 Å². The van der Waals surface area contributed by atoms with Gasteiger partial charge in [-0.25, -0.2) is 0 Å². The minimum Gasteiger partial charge on any atom is -0.313 e. The first kappa shape index (κ1) is 12.8. The minimum atomic E-state index is 0.396. The van der Waals surface area contributed by atoms with E-state index in [0.29, 0.717) is 6.04 Å². The van der Waals surface area contributed by atoms with Crippen molar-refractivity contribution in [2.24, 2.45) is 0 Å². The molecule has 2 aromatic heterocycles. The van der Waals surface area contributed by atoms with Crippen molar-refractivity contribution < 1.29 is 0 Å². The fourth-order valence-electron chi connectivity index (χ4n) is 1.56. The molecule has 0 amide bonds. The summed E-state index contributed by atoms with van der Waals surface area (Å²) in [5, 5.41) is 5.57. The number of rotatable bonds is 4. The maximum Gasteiger partial charge on any atom is 0.0701 e. The molecular weight excluding hydrogens is 370 g/mol. The third-order valence-corrected chi connectivity index (χ3v) is 5.54. The Bertz CT molecular complexity index is 464. The van der Waals surface area contributed by atoms with Crippen LogP contribution in [0.4, 0.5) is 0 Å². The smallest absolute Gasteiger partial charge is 0.0701 e. The SMILES string of the molecule is CNC(Cc1ccc(Br)s1)c1csc(Br)c1. The largest absolute Gasteiger partial charge is 0.313 e. The summed E-state index contributed by atoms with van der Waals surface area (Å²) < 4.78 is 2.39. The molecule has 0 radical (unpaired) electrons. The number of likely N-dealkylation sites (N-methyl/N-ethyl adjacent to an activating group) is 1. The molecule has 0 aliphatic carbocycles. The Hall–Kier alpha value is 0.320. The number of hydrogen-bond acceptors (Lipinski definition) is 3. The molecule has 1 atom stereocenters. The first-order valence-electron chi connectivity index (χ1n) is 4.84. The van der Waals surface area contributed by atoms with Crippen molar-refractivity contribution in [1.82, 2.24) is 5.32 Å². The van der Waals surface area contributed by atoms with Gasteiger partial charge in [0.15, 0.2) is 0 Å². The molecular formula is C11H11Br2NS2. The van der Waals surface area contributed by atoms with Gasteiger partial charge in [0, 0.05) is 17.3 Å². The van der Waals surface area contributed by atoms with E-state index < -0.39 is 0 Å². The lowest BCUT2D eigenvalue weighted by Crippen LogP contribution is -2.17. The Morgan fingerprint density at radius 1 is 1.31 bits per heavy atom. The van der Waals surface area contributed by atoms with Crippen molar-refractivity contribution in [2.75, 3.05) is 7.05 Å². The van der Waals surface area contributed by atoms with E-state index in [1.54, 1.807) is 22.7 Å². The Morgan fingerprint density at radius 3 is 2.62 bits per heavy atom. The first-order valence-corrected chi connectivity index (χ1v) is 8.12. The molecule has 0 aliphatic rings. The van der Waals surface area contributed by atoms with Crippen LogP contribution < -0.4 is 5.32 Å². The van der Waals surface area contributed by atoms with Crippen molar-refractivity contribution in [1.29, 1.82) is 0 Å². The molecule has 2 aromatic rings. The number of thiophene rings is 2. The second-order valence-electron chi connectivity index (χ2n) is 3.44. The second-order valence-corrected chi connectivity index (χ2v) is 8.27. The third-order valence-electron chi connectivity index (χ3n) is 2.37. The second kappa shape index (κ2) is 5.78. The molecule has 5 heteroatoms. The Morgan fingerprint density at radius 2 is 2.12 bits per heavy atom. The molecule has 1 N–H and O–H groups in total. The van der Waals surface area contributed by atoms with Crippen LogP contribution in [0.2, 0.25) is 0 Å². The molecule has 0 bridgehead atoms. The Balaban J connectivity index is 2.12. The lowest BCUT2D eigenvalue weighted by molar-refractivity contribution is 0.598. The Labute approximate surface area is 120 Å². The van der Waals surface area contributed by atoms with Gasteiger partial charge in [-0.05, 0) is 68.1 Å². The monoisotopic (exact) mass is 379 g/mol. The summed E-state index contributed by atoms with van der Waals surface area (Å²) in [7, 11) is 2.01. The molecule has 2 rings (SSSR count). The average molecular weight is 381 g/mol. The molecule has 16 heavy (non-hydrogen) atoms. The zero-order valence-electron chi connectivity index (χ0n) is 8.67. The topological polar surface area (TPSA) is 12.0 Å². The predicted molar refractivity (Wildman–Crippen MR) is 79.5 cm³/mol. The van der Waals surface area contributed by atoms with Crippen LogP contribution in [-0.2, 0) is 6.42 Å². The van der Waals surface area contributed by atoms with Gasteiger partial charge in [0.05, 0.1) is 7.57 Å². The van der Waals surface area contributed by atoms with Gasteiger partial charge in [0.25, 0.3) is 0 Å². The highest BCUT2D eigenvalue weighted by molar-refractivity contribution is 9.11. The van der Waals surface area contributed by atoms with E-state index in [1.165, 1.54) is 18.0 Å². The minimum absolute atomic E-state index is 0.396. The van der Waals surface area contributed by atoms with Crippen LogP contribution in [0.15, 0.2) is 31.2 Å². The normalized spacial score (nSPS) is 12.9. The molecule has 1 nitrogen and oxygen atoms in total. The van der Waals surface area contributed by atoms with Crippen LogP contribution in [0, 0.1) is 0 Å². The van der Waals surface area contributed by atoms with Gasteiger partial charge >= 0.3 is 0 Å². The van der Waals surface area contributed by atoms with E-state index in [9.17, 15) is 0 Å². The summed E-state index contributed by atoms with van der Waals surface area (Å²) in [6.45, 7) is 0. The summed E-state index contributed by atoms with van der Waals surface area (Å²) in [4.78, 5) is 1.40. The molecule has 0 spiro atoms. The van der Waals surface area contributed by atoms with Crippen molar-refractivity contribution in [3.05, 3.63) is 41.6 Å². The summed E-state index contributed by atoms with van der Waals surface area (Å²) in [6, 6.07) is 6.87. The molecule has 0 aromatic carbocycles. The zero-order valence-corrected chi connectivity index (χ0v) is 13.5. The van der Waals surface area contributed by atoms with Crippen LogP contribution in [-0.4, -0.2) is 7.05 Å². The van der Waals surface area contributed by atoms with Gasteiger partial charge in [-0.3, -0.25) is 0 Å². The Kier molecular flexibility index (Phi) is 4.61. The highest BCUT2D eigenvalue weighted by Gasteiger charge is 2.12. The highest BCUT2D eigenvalue weighted by atomic mass is 79.9. The highest BCUT2D eigenvalue weighted by Crippen LogP contribution is 2.30. The molecule has 0 aliphatic heterocycles. The maximum atomic E-state index is 3.51. The molecule has 0 fully saturated rings. The van der Waals surface area contributed by atoms with Gasteiger partial charge in [-0.2, -0.15) is 0 Å². The van der Waals surface area contributed by atoms with Crippen molar-refractivity contribution >= 4 is 54.5 Å². The summed E-state index contributed by atoms with van der Waals surface area (Å²) in [5.41, 5.74) is 1.35. The van der Waals surface area contributed by atoms with Gasteiger partial charge < -0.3 is 5.32 Å². The summed E-state index contributed by atoms with van der Waals surface area (Å²) in [6.07, 6.45) is 1.04. The lowest BCUT2D eigenvalue weighted by Gasteiger charge is -2.13. The van der Waals surface area contributed by atoms with Crippen molar-refractivity contribution in [3.63, 3.8) is 0 Å². The van der Waals surface area contributed by atoms with Crippen LogP contribution in [0.3, 0.4) is 0 Å². The van der Waals surface area contributed by atoms with E-state index in [0.717, 1.165) is 6.42 Å². The number of hydrogen-bond donors (Lipinski definition) is 1. The number of nitrogens with one attached hydrogen (secondary N) is 1. The summed E-state index contributed by atoms with van der Waals surface area (Å²) >= 11 is 10.5. The standard InChI is InChI=1S/C11H11Br2NS2/c1-14-9(7-4-11(13)15-6-7)5-8-2-3-10(12)16-8/h2-4,6,9,14H,5H2,1H3. The quantitative estimate of drug-likeness (QED) is 0.800. The average Bonchev–Trinajstić information content (AvgIpc) is 2.84. The first-order chi connectivity index (χ1) is 7.69. The van der Waals surface area contributed by atoms with Crippen LogP contribution >= 0.6 is 54.5 Å². The predicted octanol–water partition coefficient (Wildman–Crippen LogP) is 4.84. The maximum absolute atomic E-state index is 3.51. The van der Waals surface area contributed by atoms with Crippen molar-refractivity contribution in [3.8, 4) is 0 Å². The molecule has 0 saturated carbocycles. The zero-order chi connectivity index (χ0) is 11.5. The summed E-state index contributed by atoms with van der Waals surface area (Å²) in [5.74, 6) is 0.